The summed E-state index contributed by atoms with van der Waals surface area (Å²) in [6.07, 6.45) is 1.01. The number of nitrogens with one attached hydrogen (secondary N) is 3. The Balaban J connectivity index is 1.80. The van der Waals surface area contributed by atoms with Crippen LogP contribution in [0.15, 0.2) is 12.7 Å². The second-order valence-electron chi connectivity index (χ2n) is 13.3. The molecule has 1 aliphatic heterocycles. The highest BCUT2D eigenvalue weighted by molar-refractivity contribution is 7.91. The fraction of sp³-hybridized carbons (Fsp3) is 0.778. The number of β-amino-alcohol motifs (C(OH)–C–C–N with tert-alkyl or cyclic N) is 1. The molecule has 1 heterocycles. The van der Waals surface area contributed by atoms with Crippen LogP contribution in [0.1, 0.15) is 80.6 Å². The predicted molar refractivity (Wildman–Crippen MR) is 147 cm³/mol. The van der Waals surface area contributed by atoms with Crippen molar-refractivity contribution < 1.29 is 37.4 Å². The summed E-state index contributed by atoms with van der Waals surface area (Å²) in [7, 11) is -3.95. The Hall–Kier alpha value is -2.67. The van der Waals surface area contributed by atoms with Crippen LogP contribution in [0.25, 0.3) is 0 Å². The third-order valence-electron chi connectivity index (χ3n) is 7.94. The summed E-state index contributed by atoms with van der Waals surface area (Å²) in [5.41, 5.74) is -3.11. The van der Waals surface area contributed by atoms with E-state index in [0.29, 0.717) is 19.3 Å². The van der Waals surface area contributed by atoms with Crippen LogP contribution in [0.2, 0.25) is 0 Å². The molecule has 0 aromatic rings. The number of hydrogen-bond acceptors (Lipinski definition) is 8. The Kier molecular flexibility index (Phi) is 8.46. The van der Waals surface area contributed by atoms with Crippen molar-refractivity contribution in [2.24, 2.45) is 11.3 Å². The molecule has 12 nitrogen and oxygen atoms in total. The number of aliphatic hydroxyl groups is 1. The van der Waals surface area contributed by atoms with Crippen molar-refractivity contribution in [3.8, 4) is 0 Å². The van der Waals surface area contributed by atoms with E-state index in [-0.39, 0.29) is 19.4 Å². The van der Waals surface area contributed by atoms with Crippen molar-refractivity contribution in [3.63, 3.8) is 0 Å². The van der Waals surface area contributed by atoms with Crippen LogP contribution < -0.4 is 15.4 Å². The van der Waals surface area contributed by atoms with Crippen molar-refractivity contribution >= 4 is 33.8 Å². The molecule has 4 amide bonds. The highest BCUT2D eigenvalue weighted by atomic mass is 32.2. The van der Waals surface area contributed by atoms with Gasteiger partial charge in [-0.25, -0.2) is 13.2 Å². The van der Waals surface area contributed by atoms with Crippen LogP contribution in [0.5, 0.6) is 0 Å². The van der Waals surface area contributed by atoms with E-state index < -0.39 is 79.2 Å². The van der Waals surface area contributed by atoms with Gasteiger partial charge < -0.3 is 25.4 Å². The Bertz CT molecular complexity index is 1170. The van der Waals surface area contributed by atoms with E-state index in [1.54, 1.807) is 48.5 Å². The molecule has 3 fully saturated rings. The zero-order valence-electron chi connectivity index (χ0n) is 24.5. The van der Waals surface area contributed by atoms with E-state index >= 15 is 0 Å². The predicted octanol–water partition coefficient (Wildman–Crippen LogP) is 1.34. The van der Waals surface area contributed by atoms with Crippen molar-refractivity contribution in [2.75, 3.05) is 6.54 Å². The second-order valence-corrected chi connectivity index (χ2v) is 15.4. The van der Waals surface area contributed by atoms with E-state index in [0.717, 1.165) is 0 Å². The number of carbonyl (C=O) groups is 4. The van der Waals surface area contributed by atoms with Crippen molar-refractivity contribution in [3.05, 3.63) is 12.7 Å². The minimum atomic E-state index is -3.95. The van der Waals surface area contributed by atoms with Gasteiger partial charge in [-0.05, 0) is 51.9 Å². The molecule has 3 aliphatic rings. The van der Waals surface area contributed by atoms with Gasteiger partial charge >= 0.3 is 6.09 Å². The lowest BCUT2D eigenvalue weighted by molar-refractivity contribution is -0.143. The first-order valence-corrected chi connectivity index (χ1v) is 15.2. The van der Waals surface area contributed by atoms with Crippen LogP contribution in [-0.2, 0) is 29.1 Å². The molecule has 0 unspecified atom stereocenters. The van der Waals surface area contributed by atoms with Crippen molar-refractivity contribution in [1.82, 2.24) is 20.3 Å². The van der Waals surface area contributed by atoms with Crippen LogP contribution in [0.4, 0.5) is 4.79 Å². The van der Waals surface area contributed by atoms with Gasteiger partial charge in [0.1, 0.15) is 23.2 Å². The van der Waals surface area contributed by atoms with E-state index in [1.807, 2.05) is 0 Å². The van der Waals surface area contributed by atoms with Crippen LogP contribution in [-0.4, -0.2) is 82.9 Å². The van der Waals surface area contributed by atoms with E-state index in [9.17, 15) is 32.7 Å². The Morgan fingerprint density at radius 2 is 1.75 bits per heavy atom. The first-order chi connectivity index (χ1) is 18.2. The van der Waals surface area contributed by atoms with E-state index in [4.69, 9.17) is 4.74 Å². The highest BCUT2D eigenvalue weighted by Crippen LogP contribution is 2.48. The fourth-order valence-electron chi connectivity index (χ4n) is 5.16. The van der Waals surface area contributed by atoms with Crippen molar-refractivity contribution in [2.45, 2.75) is 115 Å². The highest BCUT2D eigenvalue weighted by Gasteiger charge is 2.63. The number of aliphatic hydroxyl groups excluding tert-OH is 1. The summed E-state index contributed by atoms with van der Waals surface area (Å²) < 4.78 is 32.3. The summed E-state index contributed by atoms with van der Waals surface area (Å²) >= 11 is 0. The molecule has 0 radical (unpaired) electrons. The molecule has 4 N–H and O–H groups in total. The molecule has 2 saturated carbocycles. The number of carbonyl (C=O) groups excluding carboxylic acids is 4. The summed E-state index contributed by atoms with van der Waals surface area (Å²) in [5.74, 6) is -2.65. The first-order valence-electron chi connectivity index (χ1n) is 13.7. The summed E-state index contributed by atoms with van der Waals surface area (Å²) in [6, 6.07) is -2.23. The molecule has 1 saturated heterocycles. The van der Waals surface area contributed by atoms with Gasteiger partial charge in [0.05, 0.1) is 10.9 Å². The Morgan fingerprint density at radius 3 is 2.20 bits per heavy atom. The second kappa shape index (κ2) is 10.6. The largest absolute Gasteiger partial charge is 0.444 e. The van der Waals surface area contributed by atoms with Crippen molar-refractivity contribution in [1.29, 1.82) is 0 Å². The van der Waals surface area contributed by atoms with Gasteiger partial charge in [0.2, 0.25) is 21.8 Å². The maximum atomic E-state index is 13.7. The van der Waals surface area contributed by atoms with Gasteiger partial charge in [-0.1, -0.05) is 33.8 Å². The van der Waals surface area contributed by atoms with Crippen LogP contribution in [0.3, 0.4) is 0 Å². The molecule has 5 atom stereocenters. The maximum absolute atomic E-state index is 13.7. The molecule has 0 aromatic carbocycles. The van der Waals surface area contributed by atoms with Crippen LogP contribution in [0, 0.1) is 11.3 Å². The number of likely N-dealkylation sites (tertiary alicyclic amines) is 1. The van der Waals surface area contributed by atoms with Gasteiger partial charge in [0, 0.05) is 18.9 Å². The third kappa shape index (κ3) is 6.45. The van der Waals surface area contributed by atoms with Gasteiger partial charge in [0.25, 0.3) is 5.91 Å². The SMILES string of the molecule is C=C[C@@H]1C[C@]1(NC(=O)[C@@H]1C[C@@H](O)CN1C(=O)[C@@H](NC(=O)OC(C)(C)C)C(C)(C)C)C(=O)NS(=O)(=O)C1(CC)CC1. The standard InChI is InChI=1S/C27H44N4O8S/c1-9-16-14-27(16,22(35)30-40(37,38)26(10-2)11-12-26)29-20(33)18-13-17(32)15-31(18)21(34)19(24(3,4)5)28-23(36)39-25(6,7)8/h9,16-19,32H,1,10-15H2,2-8H3,(H,28,36)(H,29,33)(H,30,35)/t16-,17-,18+,19-,27-/m1/s1. The minimum Gasteiger partial charge on any atom is -0.444 e. The minimum absolute atomic E-state index is 0.0887. The van der Waals surface area contributed by atoms with Gasteiger partial charge in [-0.15, -0.1) is 6.58 Å². The molecule has 226 valence electrons. The Morgan fingerprint density at radius 1 is 1.15 bits per heavy atom. The zero-order chi connectivity index (χ0) is 30.5. The topological polar surface area (TPSA) is 171 Å². The quantitative estimate of drug-likeness (QED) is 0.294. The normalized spacial score (nSPS) is 28.2. The molecule has 2 aliphatic carbocycles. The molecular formula is C27H44N4O8S. The summed E-state index contributed by atoms with van der Waals surface area (Å²) in [4.78, 5) is 54.3. The summed E-state index contributed by atoms with van der Waals surface area (Å²) in [6.45, 7) is 15.6. The number of alkyl carbamates (subject to hydrolysis) is 1. The van der Waals surface area contributed by atoms with Gasteiger partial charge in [0.15, 0.2) is 0 Å². The van der Waals surface area contributed by atoms with Crippen LogP contribution >= 0.6 is 0 Å². The number of hydrogen-bond donors (Lipinski definition) is 4. The molecule has 3 rings (SSSR count). The number of amides is 4. The molecule has 13 heteroatoms. The lowest BCUT2D eigenvalue weighted by Gasteiger charge is -2.36. The first kappa shape index (κ1) is 31.9. The maximum Gasteiger partial charge on any atom is 0.408 e. The molecule has 0 aromatic heterocycles. The number of rotatable bonds is 9. The molecule has 0 spiro atoms. The average molecular weight is 585 g/mol. The monoisotopic (exact) mass is 584 g/mol. The lowest BCUT2D eigenvalue weighted by atomic mass is 9.85. The smallest absolute Gasteiger partial charge is 0.408 e. The number of nitrogens with zero attached hydrogens (tertiary/aromatic N) is 1. The van der Waals surface area contributed by atoms with E-state index in [1.165, 1.54) is 11.0 Å². The van der Waals surface area contributed by atoms with E-state index in [2.05, 4.69) is 21.9 Å². The van der Waals surface area contributed by atoms with Gasteiger partial charge in [-0.2, -0.15) is 0 Å². The number of sulfonamides is 1. The fourth-order valence-corrected chi connectivity index (χ4v) is 6.82. The average Bonchev–Trinajstić information content (AvgIpc) is 3.71. The molecule has 40 heavy (non-hydrogen) atoms. The molecule has 0 bridgehead atoms. The molecular weight excluding hydrogens is 540 g/mol. The summed E-state index contributed by atoms with van der Waals surface area (Å²) in [5, 5.41) is 15.7. The lowest BCUT2D eigenvalue weighted by Crippen LogP contribution is -2.60. The Labute approximate surface area is 236 Å². The van der Waals surface area contributed by atoms with Gasteiger partial charge in [-0.3, -0.25) is 19.1 Å². The zero-order valence-corrected chi connectivity index (χ0v) is 25.3. The third-order valence-corrected chi connectivity index (χ3v) is 10.2. The number of ether oxygens (including phenoxy) is 1.